The molecule has 1 aromatic rings. The Morgan fingerprint density at radius 3 is 1.92 bits per heavy atom. The van der Waals surface area contributed by atoms with Gasteiger partial charge < -0.3 is 14.8 Å². The zero-order valence-corrected chi connectivity index (χ0v) is 16.5. The number of rotatable bonds is 9. The molecule has 0 aliphatic rings. The van der Waals surface area contributed by atoms with Gasteiger partial charge in [0.15, 0.2) is 0 Å². The van der Waals surface area contributed by atoms with Crippen molar-refractivity contribution in [1.29, 1.82) is 0 Å². The van der Waals surface area contributed by atoms with Gasteiger partial charge in [-0.05, 0) is 39.8 Å². The van der Waals surface area contributed by atoms with E-state index in [1.54, 1.807) is 18.2 Å². The van der Waals surface area contributed by atoms with Gasteiger partial charge in [-0.2, -0.15) is 4.31 Å². The average molecular weight is 372 g/mol. The van der Waals surface area contributed by atoms with Crippen LogP contribution in [0.3, 0.4) is 0 Å². The molecule has 0 spiro atoms. The van der Waals surface area contributed by atoms with Crippen LogP contribution in [0.1, 0.15) is 38.1 Å². The molecule has 7 nitrogen and oxygen atoms in total. The first-order valence-electron chi connectivity index (χ1n) is 8.14. The summed E-state index contributed by atoms with van der Waals surface area (Å²) in [5.74, 6) is 0.440. The Bertz CT molecular complexity index is 656. The number of sulfonamides is 1. The van der Waals surface area contributed by atoms with Gasteiger partial charge in [0.1, 0.15) is 11.5 Å². The molecule has 0 aromatic heterocycles. The molecule has 1 N–H and O–H groups in total. The molecule has 0 fully saturated rings. The lowest BCUT2D eigenvalue weighted by molar-refractivity contribution is 0.0955. The van der Waals surface area contributed by atoms with Crippen molar-refractivity contribution in [1.82, 2.24) is 9.62 Å². The van der Waals surface area contributed by atoms with Crippen LogP contribution >= 0.6 is 0 Å². The largest absolute Gasteiger partial charge is 0.497 e. The summed E-state index contributed by atoms with van der Waals surface area (Å²) >= 11 is 0. The summed E-state index contributed by atoms with van der Waals surface area (Å²) in [4.78, 5) is 12.3. The smallest absolute Gasteiger partial charge is 0.251 e. The van der Waals surface area contributed by atoms with Crippen LogP contribution in [0.4, 0.5) is 0 Å². The summed E-state index contributed by atoms with van der Waals surface area (Å²) in [5.41, 5.74) is 0.346. The summed E-state index contributed by atoms with van der Waals surface area (Å²) in [6.07, 6.45) is 0. The highest BCUT2D eigenvalue weighted by atomic mass is 32.2. The van der Waals surface area contributed by atoms with Crippen LogP contribution in [-0.2, 0) is 10.0 Å². The van der Waals surface area contributed by atoms with E-state index in [1.807, 2.05) is 27.7 Å². The molecule has 1 rings (SSSR count). The summed E-state index contributed by atoms with van der Waals surface area (Å²) in [7, 11) is -0.464. The monoisotopic (exact) mass is 372 g/mol. The molecule has 0 heterocycles. The molecule has 0 bridgehead atoms. The first kappa shape index (κ1) is 21.2. The standard InChI is InChI=1S/C17H28N2O5S/c1-12(2)19(13(3)4)25(21,22)8-7-18-17(20)14-9-15(23-5)11-16(10-14)24-6/h9-13H,7-8H2,1-6H3,(H,18,20). The normalized spacial score (nSPS) is 11.9. The van der Waals surface area contributed by atoms with Crippen LogP contribution < -0.4 is 14.8 Å². The minimum atomic E-state index is -3.46. The van der Waals surface area contributed by atoms with Gasteiger partial charge in [0.2, 0.25) is 10.0 Å². The Morgan fingerprint density at radius 2 is 1.52 bits per heavy atom. The minimum absolute atomic E-state index is 0.0244. The second kappa shape index (κ2) is 9.05. The third-order valence-corrected chi connectivity index (χ3v) is 5.80. The van der Waals surface area contributed by atoms with Crippen molar-refractivity contribution in [3.63, 3.8) is 0 Å². The summed E-state index contributed by atoms with van der Waals surface area (Å²) < 4.78 is 36.6. The summed E-state index contributed by atoms with van der Waals surface area (Å²) in [5, 5.41) is 2.63. The van der Waals surface area contributed by atoms with Crippen molar-refractivity contribution < 1.29 is 22.7 Å². The number of carbonyl (C=O) groups is 1. The molecule has 1 amide bonds. The quantitative estimate of drug-likeness (QED) is 0.715. The third-order valence-electron chi connectivity index (χ3n) is 3.60. The van der Waals surface area contributed by atoms with Crippen LogP contribution in [0.2, 0.25) is 0 Å². The Morgan fingerprint density at radius 1 is 1.04 bits per heavy atom. The van der Waals surface area contributed by atoms with Crippen LogP contribution in [-0.4, -0.2) is 57.2 Å². The van der Waals surface area contributed by atoms with Gasteiger partial charge in [-0.1, -0.05) is 0 Å². The number of ether oxygens (including phenoxy) is 2. The highest BCUT2D eigenvalue weighted by Crippen LogP contribution is 2.22. The zero-order valence-electron chi connectivity index (χ0n) is 15.7. The maximum absolute atomic E-state index is 12.5. The second-order valence-corrected chi connectivity index (χ2v) is 8.18. The van der Waals surface area contributed by atoms with Crippen LogP contribution in [0, 0.1) is 0 Å². The number of hydrogen-bond donors (Lipinski definition) is 1. The molecule has 0 saturated carbocycles. The number of hydrogen-bond acceptors (Lipinski definition) is 5. The number of amides is 1. The lowest BCUT2D eigenvalue weighted by Gasteiger charge is -2.29. The van der Waals surface area contributed by atoms with E-state index in [2.05, 4.69) is 5.32 Å². The fraction of sp³-hybridized carbons (Fsp3) is 0.588. The van der Waals surface area contributed by atoms with Gasteiger partial charge in [-0.3, -0.25) is 4.79 Å². The van der Waals surface area contributed by atoms with E-state index in [0.717, 1.165) is 0 Å². The van der Waals surface area contributed by atoms with E-state index >= 15 is 0 Å². The Hall–Kier alpha value is -1.80. The summed E-state index contributed by atoms with van der Waals surface area (Å²) in [6, 6.07) is 4.53. The Labute approximate surface area is 150 Å². The fourth-order valence-corrected chi connectivity index (χ4v) is 4.53. The molecule has 0 aliphatic carbocycles. The maximum Gasteiger partial charge on any atom is 0.251 e. The van der Waals surface area contributed by atoms with Crippen molar-refractivity contribution in [3.05, 3.63) is 23.8 Å². The van der Waals surface area contributed by atoms with Gasteiger partial charge in [0, 0.05) is 30.3 Å². The van der Waals surface area contributed by atoms with Crippen LogP contribution in [0.25, 0.3) is 0 Å². The number of benzene rings is 1. The second-order valence-electron chi connectivity index (χ2n) is 6.19. The van der Waals surface area contributed by atoms with E-state index in [1.165, 1.54) is 18.5 Å². The number of methoxy groups -OCH3 is 2. The van der Waals surface area contributed by atoms with E-state index in [4.69, 9.17) is 9.47 Å². The average Bonchev–Trinajstić information content (AvgIpc) is 2.52. The lowest BCUT2D eigenvalue weighted by Crippen LogP contribution is -2.45. The molecule has 1 aromatic carbocycles. The van der Waals surface area contributed by atoms with E-state index < -0.39 is 10.0 Å². The predicted molar refractivity (Wildman–Crippen MR) is 97.8 cm³/mol. The first-order chi connectivity index (χ1) is 11.6. The van der Waals surface area contributed by atoms with Gasteiger partial charge >= 0.3 is 0 Å². The number of nitrogens with zero attached hydrogens (tertiary/aromatic N) is 1. The van der Waals surface area contributed by atoms with Crippen molar-refractivity contribution in [3.8, 4) is 11.5 Å². The molecule has 0 radical (unpaired) electrons. The van der Waals surface area contributed by atoms with Crippen molar-refractivity contribution in [2.75, 3.05) is 26.5 Å². The fourth-order valence-electron chi connectivity index (χ4n) is 2.68. The molecule has 0 unspecified atom stereocenters. The van der Waals surface area contributed by atoms with Gasteiger partial charge in [0.05, 0.1) is 20.0 Å². The van der Waals surface area contributed by atoms with E-state index in [0.29, 0.717) is 17.1 Å². The SMILES string of the molecule is COc1cc(OC)cc(C(=O)NCCS(=O)(=O)N(C(C)C)C(C)C)c1. The highest BCUT2D eigenvalue weighted by Gasteiger charge is 2.27. The van der Waals surface area contributed by atoms with E-state index in [-0.39, 0.29) is 30.3 Å². The predicted octanol–water partition coefficient (Wildman–Crippen LogP) is 1.88. The minimum Gasteiger partial charge on any atom is -0.497 e. The number of carbonyl (C=O) groups excluding carboxylic acids is 1. The molecular weight excluding hydrogens is 344 g/mol. The van der Waals surface area contributed by atoms with E-state index in [9.17, 15) is 13.2 Å². The van der Waals surface area contributed by atoms with Crippen LogP contribution in [0.5, 0.6) is 11.5 Å². The van der Waals surface area contributed by atoms with Crippen molar-refractivity contribution >= 4 is 15.9 Å². The Kier molecular flexibility index (Phi) is 7.69. The molecule has 142 valence electrons. The maximum atomic E-state index is 12.5. The Balaban J connectivity index is 2.77. The third kappa shape index (κ3) is 5.89. The number of nitrogens with one attached hydrogen (secondary N) is 1. The molecule has 0 atom stereocenters. The van der Waals surface area contributed by atoms with Crippen molar-refractivity contribution in [2.24, 2.45) is 0 Å². The van der Waals surface area contributed by atoms with Gasteiger partial charge in [-0.15, -0.1) is 0 Å². The van der Waals surface area contributed by atoms with Gasteiger partial charge in [-0.25, -0.2) is 8.42 Å². The molecule has 0 aliphatic heterocycles. The van der Waals surface area contributed by atoms with Crippen molar-refractivity contribution in [2.45, 2.75) is 39.8 Å². The lowest BCUT2D eigenvalue weighted by atomic mass is 10.2. The molecule has 25 heavy (non-hydrogen) atoms. The van der Waals surface area contributed by atoms with Gasteiger partial charge in [0.25, 0.3) is 5.91 Å². The zero-order chi connectivity index (χ0) is 19.2. The van der Waals surface area contributed by atoms with Crippen LogP contribution in [0.15, 0.2) is 18.2 Å². The first-order valence-corrected chi connectivity index (χ1v) is 9.75. The molecule has 0 saturated heterocycles. The molecule has 8 heteroatoms. The molecular formula is C17H28N2O5S. The topological polar surface area (TPSA) is 84.9 Å². The highest BCUT2D eigenvalue weighted by molar-refractivity contribution is 7.89. The summed E-state index contributed by atoms with van der Waals surface area (Å²) in [6.45, 7) is 7.35.